The maximum atomic E-state index is 13.6. The summed E-state index contributed by atoms with van der Waals surface area (Å²) in [7, 11) is 1.49. The molecule has 0 aliphatic carbocycles. The minimum absolute atomic E-state index is 0.0666. The van der Waals surface area contributed by atoms with E-state index in [1.807, 2.05) is 0 Å². The molecule has 0 amide bonds. The van der Waals surface area contributed by atoms with Gasteiger partial charge in [-0.15, -0.1) is 0 Å². The Bertz CT molecular complexity index is 902. The molecule has 4 rings (SSSR count). The van der Waals surface area contributed by atoms with Crippen molar-refractivity contribution in [3.05, 3.63) is 40.0 Å². The summed E-state index contributed by atoms with van der Waals surface area (Å²) in [6.07, 6.45) is -3.99. The van der Waals surface area contributed by atoms with Crippen molar-refractivity contribution in [2.45, 2.75) is 19.1 Å². The molecule has 1 aromatic carbocycles. The van der Waals surface area contributed by atoms with Crippen molar-refractivity contribution in [3.63, 3.8) is 0 Å². The summed E-state index contributed by atoms with van der Waals surface area (Å²) in [5.41, 5.74) is 0.912. The highest BCUT2D eigenvalue weighted by Crippen LogP contribution is 2.42. The zero-order valence-corrected chi connectivity index (χ0v) is 16.6. The lowest BCUT2D eigenvalue weighted by Gasteiger charge is -2.35. The molecule has 1 fully saturated rings. The highest BCUT2D eigenvalue weighted by Gasteiger charge is 2.38. The van der Waals surface area contributed by atoms with Crippen molar-refractivity contribution in [1.29, 1.82) is 0 Å². The second-order valence-corrected chi connectivity index (χ2v) is 7.41. The molecule has 6 nitrogen and oxygen atoms in total. The van der Waals surface area contributed by atoms with Gasteiger partial charge in [0, 0.05) is 38.3 Å². The third-order valence-electron chi connectivity index (χ3n) is 5.24. The van der Waals surface area contributed by atoms with E-state index in [1.165, 1.54) is 25.3 Å². The molecule has 0 spiro atoms. The first kappa shape index (κ1) is 20.0. The second-order valence-electron chi connectivity index (χ2n) is 7.00. The number of nitrogens with zero attached hydrogens (tertiary/aromatic N) is 4. The molecule has 156 valence electrons. The van der Waals surface area contributed by atoms with Crippen LogP contribution in [0.15, 0.2) is 18.2 Å². The van der Waals surface area contributed by atoms with E-state index < -0.39 is 11.7 Å². The number of alkyl halides is 3. The summed E-state index contributed by atoms with van der Waals surface area (Å²) in [6, 6.07) is 4.48. The Kier molecular flexibility index (Phi) is 5.44. The number of aromatic nitrogens is 2. The minimum Gasteiger partial charge on any atom is -0.467 e. The van der Waals surface area contributed by atoms with Crippen LogP contribution in [-0.4, -0.2) is 49.8 Å². The SMILES string of the molecule is COc1nc2c(c(N3CCNCC3)n1)CCN(c1cccc(Cl)c1C(F)(F)F)C2. The summed E-state index contributed by atoms with van der Waals surface area (Å²) in [5.74, 6) is 0.815. The van der Waals surface area contributed by atoms with Gasteiger partial charge in [-0.1, -0.05) is 17.7 Å². The molecule has 0 unspecified atom stereocenters. The Balaban J connectivity index is 1.72. The summed E-state index contributed by atoms with van der Waals surface area (Å²) in [4.78, 5) is 12.8. The molecule has 2 aromatic rings. The third kappa shape index (κ3) is 3.93. The summed E-state index contributed by atoms with van der Waals surface area (Å²) < 4.78 is 46.1. The number of nitrogens with one attached hydrogen (secondary N) is 1. The van der Waals surface area contributed by atoms with E-state index in [1.54, 1.807) is 4.90 Å². The number of anilines is 2. The number of methoxy groups -OCH3 is 1. The van der Waals surface area contributed by atoms with Crippen molar-refractivity contribution in [1.82, 2.24) is 15.3 Å². The van der Waals surface area contributed by atoms with E-state index in [-0.39, 0.29) is 23.3 Å². The lowest BCUT2D eigenvalue weighted by molar-refractivity contribution is -0.137. The van der Waals surface area contributed by atoms with Crippen LogP contribution in [0.25, 0.3) is 0 Å². The van der Waals surface area contributed by atoms with E-state index in [9.17, 15) is 13.2 Å². The zero-order valence-electron chi connectivity index (χ0n) is 15.9. The fourth-order valence-electron chi connectivity index (χ4n) is 3.88. The van der Waals surface area contributed by atoms with Gasteiger partial charge < -0.3 is 19.9 Å². The number of halogens is 4. The van der Waals surface area contributed by atoms with Crippen LogP contribution in [0, 0.1) is 0 Å². The Morgan fingerprint density at radius 2 is 1.86 bits per heavy atom. The van der Waals surface area contributed by atoms with Gasteiger partial charge in [0.05, 0.1) is 35.6 Å². The van der Waals surface area contributed by atoms with Crippen molar-refractivity contribution >= 4 is 23.1 Å². The molecule has 0 radical (unpaired) electrons. The third-order valence-corrected chi connectivity index (χ3v) is 5.55. The highest BCUT2D eigenvalue weighted by atomic mass is 35.5. The molecule has 3 heterocycles. The van der Waals surface area contributed by atoms with Gasteiger partial charge in [0.2, 0.25) is 0 Å². The molecule has 1 aromatic heterocycles. The van der Waals surface area contributed by atoms with Gasteiger partial charge in [0.15, 0.2) is 0 Å². The van der Waals surface area contributed by atoms with E-state index in [0.717, 1.165) is 37.6 Å². The van der Waals surface area contributed by atoms with Crippen molar-refractivity contribution < 1.29 is 17.9 Å². The number of fused-ring (bicyclic) bond motifs is 1. The fraction of sp³-hybridized carbons (Fsp3) is 0.474. The van der Waals surface area contributed by atoms with Gasteiger partial charge in [-0.05, 0) is 18.6 Å². The molecule has 1 saturated heterocycles. The molecule has 29 heavy (non-hydrogen) atoms. The van der Waals surface area contributed by atoms with Crippen molar-refractivity contribution in [2.75, 3.05) is 49.6 Å². The smallest absolute Gasteiger partial charge is 0.419 e. The Labute approximate surface area is 171 Å². The van der Waals surface area contributed by atoms with Gasteiger partial charge in [0.1, 0.15) is 5.82 Å². The number of hydrogen-bond donors (Lipinski definition) is 1. The molecule has 0 saturated carbocycles. The van der Waals surface area contributed by atoms with E-state index in [0.29, 0.717) is 18.7 Å². The number of benzene rings is 1. The van der Waals surface area contributed by atoms with Crippen LogP contribution in [0.5, 0.6) is 6.01 Å². The van der Waals surface area contributed by atoms with Crippen molar-refractivity contribution in [3.8, 4) is 6.01 Å². The number of hydrogen-bond acceptors (Lipinski definition) is 6. The maximum absolute atomic E-state index is 13.6. The van der Waals surface area contributed by atoms with Crippen LogP contribution in [-0.2, 0) is 19.1 Å². The normalized spacial score (nSPS) is 17.3. The second kappa shape index (κ2) is 7.87. The van der Waals surface area contributed by atoms with E-state index in [4.69, 9.17) is 16.3 Å². The zero-order chi connectivity index (χ0) is 20.6. The Hall–Kier alpha value is -2.26. The van der Waals surface area contributed by atoms with Gasteiger partial charge in [-0.25, -0.2) is 0 Å². The fourth-order valence-corrected chi connectivity index (χ4v) is 4.16. The topological polar surface area (TPSA) is 53.5 Å². The largest absolute Gasteiger partial charge is 0.467 e. The van der Waals surface area contributed by atoms with Gasteiger partial charge in [-0.2, -0.15) is 23.1 Å². The predicted molar refractivity (Wildman–Crippen MR) is 105 cm³/mol. The monoisotopic (exact) mass is 427 g/mol. The summed E-state index contributed by atoms with van der Waals surface area (Å²) >= 11 is 5.90. The van der Waals surface area contributed by atoms with E-state index in [2.05, 4.69) is 20.2 Å². The van der Waals surface area contributed by atoms with Crippen LogP contribution in [0.3, 0.4) is 0 Å². The maximum Gasteiger partial charge on any atom is 0.419 e. The standard InChI is InChI=1S/C19H21ClF3N5O/c1-29-18-25-14-11-28(15-4-2-3-13(20)16(15)19(21,22)23)8-5-12(14)17(26-18)27-9-6-24-7-10-27/h2-4,24H,5-11H2,1H3. The lowest BCUT2D eigenvalue weighted by atomic mass is 10.0. The van der Waals surface area contributed by atoms with Crippen LogP contribution in [0.4, 0.5) is 24.7 Å². The van der Waals surface area contributed by atoms with Crippen LogP contribution >= 0.6 is 11.6 Å². The highest BCUT2D eigenvalue weighted by molar-refractivity contribution is 6.31. The quantitative estimate of drug-likeness (QED) is 0.812. The van der Waals surface area contributed by atoms with Gasteiger partial charge >= 0.3 is 12.2 Å². The molecular weight excluding hydrogens is 407 g/mol. The molecule has 0 atom stereocenters. The summed E-state index contributed by atoms with van der Waals surface area (Å²) in [6.45, 7) is 3.98. The Morgan fingerprint density at radius 3 is 2.55 bits per heavy atom. The molecule has 2 aliphatic rings. The average molecular weight is 428 g/mol. The summed E-state index contributed by atoms with van der Waals surface area (Å²) in [5, 5.41) is 3.00. The van der Waals surface area contributed by atoms with Gasteiger partial charge in [-0.3, -0.25) is 0 Å². The molecular formula is C19H21ClF3N5O. The first-order valence-electron chi connectivity index (χ1n) is 9.38. The van der Waals surface area contributed by atoms with E-state index >= 15 is 0 Å². The molecule has 2 aliphatic heterocycles. The minimum atomic E-state index is -4.54. The Morgan fingerprint density at radius 1 is 1.10 bits per heavy atom. The lowest BCUT2D eigenvalue weighted by Crippen LogP contribution is -2.45. The molecule has 0 bridgehead atoms. The number of rotatable bonds is 3. The van der Waals surface area contributed by atoms with Gasteiger partial charge in [0.25, 0.3) is 0 Å². The number of piperazine rings is 1. The first-order chi connectivity index (χ1) is 13.9. The van der Waals surface area contributed by atoms with Crippen LogP contribution in [0.2, 0.25) is 5.02 Å². The molecule has 10 heteroatoms. The van der Waals surface area contributed by atoms with Crippen LogP contribution < -0.4 is 19.9 Å². The predicted octanol–water partition coefficient (Wildman–Crippen LogP) is 3.13. The molecule has 1 N–H and O–H groups in total. The average Bonchev–Trinajstić information content (AvgIpc) is 2.72. The van der Waals surface area contributed by atoms with Crippen LogP contribution in [0.1, 0.15) is 16.8 Å². The first-order valence-corrected chi connectivity index (χ1v) is 9.76. The van der Waals surface area contributed by atoms with Crippen molar-refractivity contribution in [2.24, 2.45) is 0 Å². The number of ether oxygens (including phenoxy) is 1.